The summed E-state index contributed by atoms with van der Waals surface area (Å²) in [6.45, 7) is 0. The van der Waals surface area contributed by atoms with E-state index in [4.69, 9.17) is 5.11 Å². The standard InChI is InChI=1S/C10H11NO2/c12-10(13)9-5-4-8(6-11-9)7-2-1-3-7/h4-7H,1-3H2,(H,12,13). The van der Waals surface area contributed by atoms with Crippen molar-refractivity contribution < 1.29 is 9.90 Å². The molecule has 1 aromatic heterocycles. The van der Waals surface area contributed by atoms with Gasteiger partial charge in [0, 0.05) is 6.20 Å². The third-order valence-electron chi connectivity index (χ3n) is 2.58. The lowest BCUT2D eigenvalue weighted by Crippen LogP contribution is -2.10. The number of hydrogen-bond acceptors (Lipinski definition) is 2. The molecule has 1 aromatic rings. The van der Waals surface area contributed by atoms with Gasteiger partial charge >= 0.3 is 5.97 Å². The molecule has 68 valence electrons. The Balaban J connectivity index is 2.17. The first-order valence-electron chi connectivity index (χ1n) is 4.46. The number of nitrogens with zero attached hydrogens (tertiary/aromatic N) is 1. The average molecular weight is 177 g/mol. The lowest BCUT2D eigenvalue weighted by atomic mass is 9.81. The summed E-state index contributed by atoms with van der Waals surface area (Å²) < 4.78 is 0. The Morgan fingerprint density at radius 3 is 2.62 bits per heavy atom. The SMILES string of the molecule is O=C(O)c1ccc(C2CCC2)cn1. The number of aromatic carboxylic acids is 1. The van der Waals surface area contributed by atoms with Crippen molar-refractivity contribution in [3.05, 3.63) is 29.6 Å². The van der Waals surface area contributed by atoms with Gasteiger partial charge in [-0.05, 0) is 30.4 Å². The van der Waals surface area contributed by atoms with Gasteiger partial charge in [0.1, 0.15) is 5.69 Å². The lowest BCUT2D eigenvalue weighted by Gasteiger charge is -2.25. The number of carboxylic acid groups (broad SMARTS) is 1. The number of pyridine rings is 1. The predicted octanol–water partition coefficient (Wildman–Crippen LogP) is 2.05. The van der Waals surface area contributed by atoms with E-state index in [0.717, 1.165) is 0 Å². The molecule has 13 heavy (non-hydrogen) atoms. The zero-order valence-electron chi connectivity index (χ0n) is 7.23. The van der Waals surface area contributed by atoms with Crippen molar-refractivity contribution in [2.45, 2.75) is 25.2 Å². The molecule has 0 aliphatic heterocycles. The number of rotatable bonds is 2. The molecule has 1 heterocycles. The maximum Gasteiger partial charge on any atom is 0.354 e. The van der Waals surface area contributed by atoms with Gasteiger partial charge in [0.2, 0.25) is 0 Å². The third-order valence-corrected chi connectivity index (χ3v) is 2.58. The van der Waals surface area contributed by atoms with Gasteiger partial charge in [0.05, 0.1) is 0 Å². The van der Waals surface area contributed by atoms with Crippen LogP contribution in [0, 0.1) is 0 Å². The van der Waals surface area contributed by atoms with E-state index >= 15 is 0 Å². The molecule has 0 saturated heterocycles. The van der Waals surface area contributed by atoms with Crippen LogP contribution in [0.3, 0.4) is 0 Å². The van der Waals surface area contributed by atoms with Crippen LogP contribution in [0.5, 0.6) is 0 Å². The molecule has 0 spiro atoms. The lowest BCUT2D eigenvalue weighted by molar-refractivity contribution is 0.0690. The maximum absolute atomic E-state index is 10.5. The highest BCUT2D eigenvalue weighted by Gasteiger charge is 2.19. The fraction of sp³-hybridized carbons (Fsp3) is 0.400. The molecule has 1 aliphatic rings. The molecular formula is C10H11NO2. The van der Waals surface area contributed by atoms with Crippen LogP contribution in [-0.2, 0) is 0 Å². The summed E-state index contributed by atoms with van der Waals surface area (Å²) in [6.07, 6.45) is 5.40. The van der Waals surface area contributed by atoms with Crippen LogP contribution >= 0.6 is 0 Å². The Labute approximate surface area is 76.4 Å². The van der Waals surface area contributed by atoms with Crippen LogP contribution in [-0.4, -0.2) is 16.1 Å². The Morgan fingerprint density at radius 2 is 2.23 bits per heavy atom. The van der Waals surface area contributed by atoms with Crippen molar-refractivity contribution in [3.63, 3.8) is 0 Å². The first kappa shape index (κ1) is 8.23. The van der Waals surface area contributed by atoms with Crippen LogP contribution in [0.4, 0.5) is 0 Å². The summed E-state index contributed by atoms with van der Waals surface area (Å²) in [4.78, 5) is 14.4. The van der Waals surface area contributed by atoms with Gasteiger partial charge in [-0.1, -0.05) is 12.5 Å². The highest BCUT2D eigenvalue weighted by molar-refractivity contribution is 5.85. The summed E-state index contributed by atoms with van der Waals surface area (Å²) in [5, 5.41) is 8.62. The van der Waals surface area contributed by atoms with Crippen molar-refractivity contribution >= 4 is 5.97 Å². The van der Waals surface area contributed by atoms with Crippen LogP contribution in [0.2, 0.25) is 0 Å². The average Bonchev–Trinajstić information content (AvgIpc) is 2.02. The minimum Gasteiger partial charge on any atom is -0.477 e. The van der Waals surface area contributed by atoms with Crippen molar-refractivity contribution in [3.8, 4) is 0 Å². The van der Waals surface area contributed by atoms with E-state index < -0.39 is 5.97 Å². The molecule has 0 amide bonds. The molecule has 0 radical (unpaired) electrons. The molecule has 0 atom stereocenters. The molecule has 3 heteroatoms. The van der Waals surface area contributed by atoms with Crippen molar-refractivity contribution in [2.24, 2.45) is 0 Å². The van der Waals surface area contributed by atoms with Gasteiger partial charge in [0.15, 0.2) is 0 Å². The van der Waals surface area contributed by atoms with Gasteiger partial charge in [0.25, 0.3) is 0 Å². The second kappa shape index (κ2) is 3.17. The summed E-state index contributed by atoms with van der Waals surface area (Å²) in [6, 6.07) is 3.45. The minimum absolute atomic E-state index is 0.128. The normalized spacial score (nSPS) is 16.6. The molecule has 1 saturated carbocycles. The zero-order valence-corrected chi connectivity index (χ0v) is 7.23. The minimum atomic E-state index is -0.958. The topological polar surface area (TPSA) is 50.2 Å². The first-order chi connectivity index (χ1) is 6.27. The van der Waals surface area contributed by atoms with Crippen LogP contribution in [0.25, 0.3) is 0 Å². The van der Waals surface area contributed by atoms with Gasteiger partial charge in [-0.3, -0.25) is 0 Å². The highest BCUT2D eigenvalue weighted by atomic mass is 16.4. The highest BCUT2D eigenvalue weighted by Crippen LogP contribution is 2.35. The van der Waals surface area contributed by atoms with Gasteiger partial charge in [-0.15, -0.1) is 0 Å². The van der Waals surface area contributed by atoms with Crippen LogP contribution in [0.1, 0.15) is 41.2 Å². The summed E-state index contributed by atoms with van der Waals surface area (Å²) in [5.41, 5.74) is 1.30. The van der Waals surface area contributed by atoms with Crippen molar-refractivity contribution in [1.82, 2.24) is 4.98 Å². The number of hydrogen-bond donors (Lipinski definition) is 1. The first-order valence-corrected chi connectivity index (χ1v) is 4.46. The molecule has 1 aliphatic carbocycles. The van der Waals surface area contributed by atoms with Gasteiger partial charge in [-0.2, -0.15) is 0 Å². The Morgan fingerprint density at radius 1 is 1.46 bits per heavy atom. The largest absolute Gasteiger partial charge is 0.477 e. The summed E-state index contributed by atoms with van der Waals surface area (Å²) in [5.74, 6) is -0.337. The molecule has 1 fully saturated rings. The monoisotopic (exact) mass is 177 g/mol. The van der Waals surface area contributed by atoms with E-state index in [9.17, 15) is 4.79 Å². The van der Waals surface area contributed by atoms with Crippen molar-refractivity contribution in [2.75, 3.05) is 0 Å². The Kier molecular flexibility index (Phi) is 2.00. The zero-order chi connectivity index (χ0) is 9.26. The third kappa shape index (κ3) is 1.54. The van der Waals surface area contributed by atoms with E-state index in [0.29, 0.717) is 5.92 Å². The van der Waals surface area contributed by atoms with Gasteiger partial charge < -0.3 is 5.11 Å². The fourth-order valence-corrected chi connectivity index (χ4v) is 1.51. The van der Waals surface area contributed by atoms with E-state index in [1.54, 1.807) is 12.3 Å². The van der Waals surface area contributed by atoms with E-state index in [1.165, 1.54) is 24.8 Å². The molecule has 0 unspecified atom stereocenters. The molecule has 3 nitrogen and oxygen atoms in total. The fourth-order valence-electron chi connectivity index (χ4n) is 1.51. The van der Waals surface area contributed by atoms with E-state index in [-0.39, 0.29) is 5.69 Å². The summed E-state index contributed by atoms with van der Waals surface area (Å²) in [7, 11) is 0. The molecule has 2 rings (SSSR count). The maximum atomic E-state index is 10.5. The quantitative estimate of drug-likeness (QED) is 0.752. The van der Waals surface area contributed by atoms with Gasteiger partial charge in [-0.25, -0.2) is 9.78 Å². The second-order valence-corrected chi connectivity index (χ2v) is 3.41. The molecular weight excluding hydrogens is 166 g/mol. The predicted molar refractivity (Wildman–Crippen MR) is 47.8 cm³/mol. The number of aromatic nitrogens is 1. The van der Waals surface area contributed by atoms with Crippen LogP contribution in [0.15, 0.2) is 18.3 Å². The van der Waals surface area contributed by atoms with E-state index in [1.807, 2.05) is 6.07 Å². The Hall–Kier alpha value is -1.38. The molecule has 0 bridgehead atoms. The Bertz CT molecular complexity index is 314. The molecule has 1 N–H and O–H groups in total. The number of carboxylic acids is 1. The molecule has 0 aromatic carbocycles. The second-order valence-electron chi connectivity index (χ2n) is 3.41. The summed E-state index contributed by atoms with van der Waals surface area (Å²) >= 11 is 0. The van der Waals surface area contributed by atoms with Crippen molar-refractivity contribution in [1.29, 1.82) is 0 Å². The number of carbonyl (C=O) groups is 1. The smallest absolute Gasteiger partial charge is 0.354 e. The van der Waals surface area contributed by atoms with E-state index in [2.05, 4.69) is 4.98 Å². The van der Waals surface area contributed by atoms with Crippen LogP contribution < -0.4 is 0 Å².